The molecule has 0 aliphatic carbocycles. The summed E-state index contributed by atoms with van der Waals surface area (Å²) in [6.45, 7) is 0.332. The average molecular weight is 246 g/mol. The second kappa shape index (κ2) is 5.72. The number of benzene rings is 1. The average Bonchev–Trinajstić information content (AvgIpc) is 2.30. The molecule has 0 bridgehead atoms. The minimum Gasteiger partial charge on any atom is -0.493 e. The van der Waals surface area contributed by atoms with Gasteiger partial charge < -0.3 is 15.2 Å². The van der Waals surface area contributed by atoms with Crippen LogP contribution >= 0.6 is 11.6 Å². The van der Waals surface area contributed by atoms with E-state index in [1.165, 1.54) is 20.3 Å². The van der Waals surface area contributed by atoms with Gasteiger partial charge in [0, 0.05) is 18.2 Å². The molecule has 0 fully saturated rings. The summed E-state index contributed by atoms with van der Waals surface area (Å²) in [4.78, 5) is 0. The van der Waals surface area contributed by atoms with Gasteiger partial charge in [-0.05, 0) is 0 Å². The molecule has 0 saturated heterocycles. The Labute approximate surface area is 98.6 Å². The highest BCUT2D eigenvalue weighted by molar-refractivity contribution is 6.32. The van der Waals surface area contributed by atoms with Gasteiger partial charge in [0.15, 0.2) is 11.5 Å². The lowest BCUT2D eigenvalue weighted by Gasteiger charge is -2.12. The summed E-state index contributed by atoms with van der Waals surface area (Å²) in [5.41, 5.74) is 5.75. The maximum Gasteiger partial charge on any atom is 0.169 e. The van der Waals surface area contributed by atoms with Crippen LogP contribution in [-0.4, -0.2) is 20.8 Å². The molecule has 0 aromatic heterocycles. The summed E-state index contributed by atoms with van der Waals surface area (Å²) < 4.78 is 23.6. The van der Waals surface area contributed by atoms with Crippen molar-refractivity contribution in [2.24, 2.45) is 5.73 Å². The molecule has 0 spiro atoms. The van der Waals surface area contributed by atoms with Crippen LogP contribution < -0.4 is 15.2 Å². The summed E-state index contributed by atoms with van der Waals surface area (Å²) in [7, 11) is 2.90. The molecule has 0 aliphatic heterocycles. The second-order valence-electron chi connectivity index (χ2n) is 2.96. The fourth-order valence-electron chi connectivity index (χ4n) is 1.30. The van der Waals surface area contributed by atoms with E-state index in [0.717, 1.165) is 0 Å². The molecule has 2 N–H and O–H groups in total. The predicted octanol–water partition coefficient (Wildman–Crippen LogP) is 2.47. The van der Waals surface area contributed by atoms with Crippen LogP contribution in [0.2, 0.25) is 5.02 Å². The van der Waals surface area contributed by atoms with Gasteiger partial charge in [-0.15, -0.1) is 0 Å². The zero-order valence-electron chi connectivity index (χ0n) is 9.09. The van der Waals surface area contributed by atoms with E-state index in [-0.39, 0.29) is 5.02 Å². The van der Waals surface area contributed by atoms with Crippen LogP contribution in [0.25, 0.3) is 6.08 Å². The molecule has 0 amide bonds. The van der Waals surface area contributed by atoms with Crippen LogP contribution in [0.3, 0.4) is 0 Å². The number of methoxy groups -OCH3 is 2. The Kier molecular flexibility index (Phi) is 4.58. The van der Waals surface area contributed by atoms with E-state index < -0.39 is 5.82 Å². The highest BCUT2D eigenvalue weighted by Crippen LogP contribution is 2.38. The van der Waals surface area contributed by atoms with E-state index in [0.29, 0.717) is 23.6 Å². The van der Waals surface area contributed by atoms with Gasteiger partial charge in [0.2, 0.25) is 0 Å². The number of ether oxygens (including phenoxy) is 2. The molecule has 1 aromatic rings. The second-order valence-corrected chi connectivity index (χ2v) is 3.34. The third-order valence-corrected chi connectivity index (χ3v) is 2.40. The standard InChI is InChI=1S/C11H13ClFNO2/c1-15-9-6-8(13)10(12)7(4-3-5-14)11(9)16-2/h3-4,6H,5,14H2,1-2H3/b4-3+. The van der Waals surface area contributed by atoms with Gasteiger partial charge in [-0.3, -0.25) is 0 Å². The Morgan fingerprint density at radius 1 is 1.44 bits per heavy atom. The van der Waals surface area contributed by atoms with Crippen LogP contribution in [0.1, 0.15) is 5.56 Å². The quantitative estimate of drug-likeness (QED) is 0.886. The Balaban J connectivity index is 3.40. The SMILES string of the molecule is COc1cc(F)c(Cl)c(/C=C/CN)c1OC. The van der Waals surface area contributed by atoms with Crippen molar-refractivity contribution < 1.29 is 13.9 Å². The van der Waals surface area contributed by atoms with Gasteiger partial charge in [0.25, 0.3) is 0 Å². The highest BCUT2D eigenvalue weighted by atomic mass is 35.5. The zero-order valence-corrected chi connectivity index (χ0v) is 9.84. The number of halogens is 2. The van der Waals surface area contributed by atoms with Gasteiger partial charge in [-0.1, -0.05) is 23.8 Å². The van der Waals surface area contributed by atoms with Crippen molar-refractivity contribution in [2.75, 3.05) is 20.8 Å². The van der Waals surface area contributed by atoms with Crippen molar-refractivity contribution in [1.29, 1.82) is 0 Å². The summed E-state index contributed by atoms with van der Waals surface area (Å²) in [5, 5.41) is -0.0117. The van der Waals surface area contributed by atoms with Gasteiger partial charge in [0.05, 0.1) is 19.2 Å². The lowest BCUT2D eigenvalue weighted by atomic mass is 10.1. The van der Waals surface area contributed by atoms with Crippen LogP contribution in [0, 0.1) is 5.82 Å². The number of nitrogens with two attached hydrogens (primary N) is 1. The van der Waals surface area contributed by atoms with Gasteiger partial charge in [-0.2, -0.15) is 0 Å². The molecular formula is C11H13ClFNO2. The van der Waals surface area contributed by atoms with Gasteiger partial charge in [-0.25, -0.2) is 4.39 Å². The van der Waals surface area contributed by atoms with Crippen molar-refractivity contribution in [3.8, 4) is 11.5 Å². The molecule has 0 atom stereocenters. The Hall–Kier alpha value is -1.26. The molecule has 88 valence electrons. The van der Waals surface area contributed by atoms with Crippen molar-refractivity contribution >= 4 is 17.7 Å². The van der Waals surface area contributed by atoms with E-state index in [4.69, 9.17) is 26.8 Å². The van der Waals surface area contributed by atoms with E-state index in [1.54, 1.807) is 12.2 Å². The molecule has 3 nitrogen and oxygen atoms in total. The third-order valence-electron chi connectivity index (χ3n) is 2.02. The molecule has 0 saturated carbocycles. The fourth-order valence-corrected chi connectivity index (χ4v) is 1.51. The zero-order chi connectivity index (χ0) is 12.1. The van der Waals surface area contributed by atoms with E-state index in [1.807, 2.05) is 0 Å². The molecule has 5 heteroatoms. The molecule has 0 unspecified atom stereocenters. The molecule has 1 rings (SSSR count). The van der Waals surface area contributed by atoms with Crippen molar-refractivity contribution in [3.05, 3.63) is 28.5 Å². The summed E-state index contributed by atoms with van der Waals surface area (Å²) >= 11 is 5.84. The minimum absolute atomic E-state index is 0.0117. The van der Waals surface area contributed by atoms with Crippen LogP contribution in [0.15, 0.2) is 12.1 Å². The van der Waals surface area contributed by atoms with Crippen molar-refractivity contribution in [1.82, 2.24) is 0 Å². The fraction of sp³-hybridized carbons (Fsp3) is 0.273. The first-order valence-electron chi connectivity index (χ1n) is 4.62. The predicted molar refractivity (Wildman–Crippen MR) is 62.6 cm³/mol. The Morgan fingerprint density at radius 3 is 2.62 bits per heavy atom. The number of hydrogen-bond acceptors (Lipinski definition) is 3. The maximum absolute atomic E-state index is 13.4. The first-order valence-corrected chi connectivity index (χ1v) is 5.00. The van der Waals surface area contributed by atoms with Crippen molar-refractivity contribution in [3.63, 3.8) is 0 Å². The summed E-state index contributed by atoms with van der Waals surface area (Å²) in [6, 6.07) is 1.18. The van der Waals surface area contributed by atoms with Crippen molar-refractivity contribution in [2.45, 2.75) is 0 Å². The van der Waals surface area contributed by atoms with E-state index >= 15 is 0 Å². The first kappa shape index (κ1) is 12.8. The molecular weight excluding hydrogens is 233 g/mol. The third kappa shape index (κ3) is 2.46. The normalized spacial score (nSPS) is 10.8. The Bertz CT molecular complexity index is 407. The highest BCUT2D eigenvalue weighted by Gasteiger charge is 2.16. The van der Waals surface area contributed by atoms with Crippen LogP contribution in [-0.2, 0) is 0 Å². The monoisotopic (exact) mass is 245 g/mol. The topological polar surface area (TPSA) is 44.5 Å². The molecule has 0 heterocycles. The van der Waals surface area contributed by atoms with Gasteiger partial charge in [0.1, 0.15) is 5.82 Å². The lowest BCUT2D eigenvalue weighted by molar-refractivity contribution is 0.352. The maximum atomic E-state index is 13.4. The molecule has 1 aromatic carbocycles. The Morgan fingerprint density at radius 2 is 2.12 bits per heavy atom. The summed E-state index contributed by atoms with van der Waals surface area (Å²) in [5.74, 6) is 0.121. The smallest absolute Gasteiger partial charge is 0.169 e. The lowest BCUT2D eigenvalue weighted by Crippen LogP contribution is -1.97. The minimum atomic E-state index is -0.559. The summed E-state index contributed by atoms with van der Waals surface area (Å²) in [6.07, 6.45) is 3.26. The van der Waals surface area contributed by atoms with Crippen LogP contribution in [0.5, 0.6) is 11.5 Å². The van der Waals surface area contributed by atoms with Crippen LogP contribution in [0.4, 0.5) is 4.39 Å². The molecule has 16 heavy (non-hydrogen) atoms. The largest absolute Gasteiger partial charge is 0.493 e. The van der Waals surface area contributed by atoms with E-state index in [2.05, 4.69) is 0 Å². The number of hydrogen-bond donors (Lipinski definition) is 1. The van der Waals surface area contributed by atoms with E-state index in [9.17, 15) is 4.39 Å². The molecule has 0 radical (unpaired) electrons. The first-order chi connectivity index (χ1) is 7.65. The molecule has 0 aliphatic rings. The number of rotatable bonds is 4. The van der Waals surface area contributed by atoms with Gasteiger partial charge >= 0.3 is 0 Å².